The van der Waals surface area contributed by atoms with Gasteiger partial charge < -0.3 is 15.5 Å². The molecule has 2 N–H and O–H groups in total. The standard InChI is InChI=1S/C23H25N3O3/c1-4-11-24-23(29)19-7-5-6-8-20(19)25-22(28)17-13-21(27)26(14-17)18-10-9-15(2)16(3)12-18/h4-10,12,17H,1,11,13-14H2,2-3H3,(H,24,29)(H,25,28)/t17-/m1/s1. The molecule has 1 aliphatic rings. The van der Waals surface area contributed by atoms with Gasteiger partial charge in [0.2, 0.25) is 11.8 Å². The van der Waals surface area contributed by atoms with Crippen LogP contribution in [0.3, 0.4) is 0 Å². The van der Waals surface area contributed by atoms with E-state index in [1.165, 1.54) is 0 Å². The summed E-state index contributed by atoms with van der Waals surface area (Å²) in [7, 11) is 0. The van der Waals surface area contributed by atoms with Gasteiger partial charge in [0.05, 0.1) is 17.2 Å². The Balaban J connectivity index is 1.72. The van der Waals surface area contributed by atoms with Crippen molar-refractivity contribution in [3.8, 4) is 0 Å². The smallest absolute Gasteiger partial charge is 0.253 e. The highest BCUT2D eigenvalue weighted by molar-refractivity contribution is 6.07. The lowest BCUT2D eigenvalue weighted by Gasteiger charge is -2.18. The lowest BCUT2D eigenvalue weighted by Crippen LogP contribution is -2.29. The molecule has 0 radical (unpaired) electrons. The van der Waals surface area contributed by atoms with E-state index in [0.29, 0.717) is 24.3 Å². The van der Waals surface area contributed by atoms with Crippen molar-refractivity contribution in [2.24, 2.45) is 5.92 Å². The monoisotopic (exact) mass is 391 g/mol. The van der Waals surface area contributed by atoms with Crippen LogP contribution >= 0.6 is 0 Å². The number of anilines is 2. The topological polar surface area (TPSA) is 78.5 Å². The van der Waals surface area contributed by atoms with Crippen LogP contribution in [0.5, 0.6) is 0 Å². The molecule has 2 aromatic carbocycles. The highest BCUT2D eigenvalue weighted by atomic mass is 16.2. The first-order valence-electron chi connectivity index (χ1n) is 9.57. The van der Waals surface area contributed by atoms with Crippen molar-refractivity contribution in [3.63, 3.8) is 0 Å². The number of amides is 3. The van der Waals surface area contributed by atoms with E-state index in [1.54, 1.807) is 35.2 Å². The van der Waals surface area contributed by atoms with E-state index < -0.39 is 5.92 Å². The summed E-state index contributed by atoms with van der Waals surface area (Å²) in [6.07, 6.45) is 1.73. The molecule has 0 unspecified atom stereocenters. The quantitative estimate of drug-likeness (QED) is 0.742. The van der Waals surface area contributed by atoms with Gasteiger partial charge in [0, 0.05) is 25.2 Å². The second-order valence-electron chi connectivity index (χ2n) is 7.21. The molecule has 1 saturated heterocycles. The fourth-order valence-electron chi connectivity index (χ4n) is 3.31. The van der Waals surface area contributed by atoms with Gasteiger partial charge >= 0.3 is 0 Å². The van der Waals surface area contributed by atoms with Crippen LogP contribution in [0.25, 0.3) is 0 Å². The number of nitrogens with zero attached hydrogens (tertiary/aromatic N) is 1. The molecule has 0 spiro atoms. The maximum atomic E-state index is 12.8. The predicted molar refractivity (Wildman–Crippen MR) is 114 cm³/mol. The van der Waals surface area contributed by atoms with E-state index in [4.69, 9.17) is 0 Å². The molecule has 0 bridgehead atoms. The lowest BCUT2D eigenvalue weighted by atomic mass is 10.1. The van der Waals surface area contributed by atoms with Crippen molar-refractivity contribution < 1.29 is 14.4 Å². The third-order valence-corrected chi connectivity index (χ3v) is 5.13. The fraction of sp³-hybridized carbons (Fsp3) is 0.261. The predicted octanol–water partition coefficient (Wildman–Crippen LogP) is 3.21. The molecule has 1 heterocycles. The van der Waals surface area contributed by atoms with Gasteiger partial charge in [-0.1, -0.05) is 24.3 Å². The van der Waals surface area contributed by atoms with Gasteiger partial charge in [-0.3, -0.25) is 14.4 Å². The van der Waals surface area contributed by atoms with Gasteiger partial charge in [-0.15, -0.1) is 6.58 Å². The molecule has 0 aromatic heterocycles. The zero-order chi connectivity index (χ0) is 21.0. The summed E-state index contributed by atoms with van der Waals surface area (Å²) in [6.45, 7) is 8.25. The summed E-state index contributed by atoms with van der Waals surface area (Å²) in [6, 6.07) is 12.7. The minimum atomic E-state index is -0.478. The van der Waals surface area contributed by atoms with Gasteiger partial charge in [-0.25, -0.2) is 0 Å². The minimum Gasteiger partial charge on any atom is -0.349 e. The number of aryl methyl sites for hydroxylation is 2. The van der Waals surface area contributed by atoms with Crippen molar-refractivity contribution in [1.29, 1.82) is 0 Å². The Morgan fingerprint density at radius 1 is 1.17 bits per heavy atom. The van der Waals surface area contributed by atoms with Crippen LogP contribution in [-0.2, 0) is 9.59 Å². The van der Waals surface area contributed by atoms with Crippen LogP contribution in [-0.4, -0.2) is 30.8 Å². The SMILES string of the molecule is C=CCNC(=O)c1ccccc1NC(=O)[C@@H]1CC(=O)N(c2ccc(C)c(C)c2)C1. The Morgan fingerprint density at radius 3 is 2.66 bits per heavy atom. The molecule has 1 aliphatic heterocycles. The molecule has 29 heavy (non-hydrogen) atoms. The summed E-state index contributed by atoms with van der Waals surface area (Å²) >= 11 is 0. The summed E-state index contributed by atoms with van der Waals surface area (Å²) in [5.41, 5.74) is 3.86. The highest BCUT2D eigenvalue weighted by Crippen LogP contribution is 2.28. The number of hydrogen-bond donors (Lipinski definition) is 2. The fourth-order valence-corrected chi connectivity index (χ4v) is 3.31. The Hall–Kier alpha value is -3.41. The average molecular weight is 391 g/mol. The van der Waals surface area contributed by atoms with Crippen molar-refractivity contribution >= 4 is 29.1 Å². The molecular weight excluding hydrogens is 366 g/mol. The van der Waals surface area contributed by atoms with E-state index in [-0.39, 0.29) is 24.1 Å². The summed E-state index contributed by atoms with van der Waals surface area (Å²) < 4.78 is 0. The molecule has 6 nitrogen and oxygen atoms in total. The second kappa shape index (κ2) is 8.73. The van der Waals surface area contributed by atoms with Crippen LogP contribution in [0.15, 0.2) is 55.1 Å². The summed E-state index contributed by atoms with van der Waals surface area (Å²) in [4.78, 5) is 39.3. The molecule has 3 amide bonds. The van der Waals surface area contributed by atoms with Crippen molar-refractivity contribution in [2.75, 3.05) is 23.3 Å². The zero-order valence-corrected chi connectivity index (χ0v) is 16.7. The first kappa shape index (κ1) is 20.3. The number of nitrogens with one attached hydrogen (secondary N) is 2. The van der Waals surface area contributed by atoms with Gasteiger partial charge in [0.1, 0.15) is 0 Å². The summed E-state index contributed by atoms with van der Waals surface area (Å²) in [5.74, 6) is -1.12. The summed E-state index contributed by atoms with van der Waals surface area (Å²) in [5, 5.41) is 5.52. The number of benzene rings is 2. The first-order valence-corrected chi connectivity index (χ1v) is 9.57. The van der Waals surface area contributed by atoms with Crippen molar-refractivity contribution in [2.45, 2.75) is 20.3 Å². The number of carbonyl (C=O) groups excluding carboxylic acids is 3. The van der Waals surface area contributed by atoms with E-state index in [0.717, 1.165) is 16.8 Å². The molecule has 0 saturated carbocycles. The van der Waals surface area contributed by atoms with Crippen LogP contribution in [0.1, 0.15) is 27.9 Å². The molecule has 6 heteroatoms. The number of rotatable bonds is 6. The van der Waals surface area contributed by atoms with Crippen LogP contribution in [0, 0.1) is 19.8 Å². The largest absolute Gasteiger partial charge is 0.349 e. The second-order valence-corrected chi connectivity index (χ2v) is 7.21. The number of para-hydroxylation sites is 1. The van der Waals surface area contributed by atoms with E-state index in [2.05, 4.69) is 17.2 Å². The zero-order valence-electron chi connectivity index (χ0n) is 16.7. The van der Waals surface area contributed by atoms with E-state index in [1.807, 2.05) is 32.0 Å². The Kier molecular flexibility index (Phi) is 6.12. The molecule has 2 aromatic rings. The van der Waals surface area contributed by atoms with Gasteiger partial charge in [0.25, 0.3) is 5.91 Å². The van der Waals surface area contributed by atoms with E-state index >= 15 is 0 Å². The first-order chi connectivity index (χ1) is 13.9. The normalized spacial score (nSPS) is 15.9. The maximum absolute atomic E-state index is 12.8. The molecular formula is C23H25N3O3. The van der Waals surface area contributed by atoms with Crippen molar-refractivity contribution in [1.82, 2.24) is 5.32 Å². The Labute approximate surface area is 170 Å². The average Bonchev–Trinajstić information content (AvgIpc) is 3.10. The van der Waals surface area contributed by atoms with Gasteiger partial charge in [-0.05, 0) is 49.2 Å². The van der Waals surface area contributed by atoms with Gasteiger partial charge in [-0.2, -0.15) is 0 Å². The highest BCUT2D eigenvalue weighted by Gasteiger charge is 2.35. The third-order valence-electron chi connectivity index (χ3n) is 5.13. The maximum Gasteiger partial charge on any atom is 0.253 e. The number of hydrogen-bond acceptors (Lipinski definition) is 3. The van der Waals surface area contributed by atoms with Crippen LogP contribution < -0.4 is 15.5 Å². The van der Waals surface area contributed by atoms with Crippen LogP contribution in [0.4, 0.5) is 11.4 Å². The van der Waals surface area contributed by atoms with Gasteiger partial charge in [0.15, 0.2) is 0 Å². The third kappa shape index (κ3) is 4.54. The number of carbonyl (C=O) groups is 3. The minimum absolute atomic E-state index is 0.0783. The lowest BCUT2D eigenvalue weighted by molar-refractivity contribution is -0.122. The molecule has 1 atom stereocenters. The molecule has 3 rings (SSSR count). The van der Waals surface area contributed by atoms with Crippen LogP contribution in [0.2, 0.25) is 0 Å². The molecule has 0 aliphatic carbocycles. The van der Waals surface area contributed by atoms with Crippen molar-refractivity contribution in [3.05, 3.63) is 71.8 Å². The molecule has 1 fully saturated rings. The Bertz CT molecular complexity index is 968. The van der Waals surface area contributed by atoms with E-state index in [9.17, 15) is 14.4 Å². The Morgan fingerprint density at radius 2 is 1.93 bits per heavy atom. The molecule has 150 valence electrons.